The molecule has 0 heteroatoms. The molecule has 92 valence electrons. The van der Waals surface area contributed by atoms with E-state index in [2.05, 4.69) is 38.1 Å². The Morgan fingerprint density at radius 2 is 1.82 bits per heavy atom. The van der Waals surface area contributed by atoms with Crippen molar-refractivity contribution in [1.29, 1.82) is 0 Å². The summed E-state index contributed by atoms with van der Waals surface area (Å²) >= 11 is 0. The number of hydrogen-bond acceptors (Lipinski definition) is 0. The van der Waals surface area contributed by atoms with Gasteiger partial charge in [-0.3, -0.25) is 0 Å². The first-order valence-corrected chi connectivity index (χ1v) is 7.33. The summed E-state index contributed by atoms with van der Waals surface area (Å²) in [5.74, 6) is 3.67. The van der Waals surface area contributed by atoms with Crippen LogP contribution in [0.25, 0.3) is 0 Å². The lowest BCUT2D eigenvalue weighted by molar-refractivity contribution is 0.162. The fourth-order valence-electron chi connectivity index (χ4n) is 4.24. The van der Waals surface area contributed by atoms with Gasteiger partial charge in [0.1, 0.15) is 0 Å². The van der Waals surface area contributed by atoms with Gasteiger partial charge in [-0.2, -0.15) is 0 Å². The molecule has 17 heavy (non-hydrogen) atoms. The molecule has 0 aromatic heterocycles. The van der Waals surface area contributed by atoms with Crippen LogP contribution in [0.5, 0.6) is 0 Å². The van der Waals surface area contributed by atoms with Gasteiger partial charge in [-0.1, -0.05) is 44.5 Å². The van der Waals surface area contributed by atoms with Crippen molar-refractivity contribution in [3.8, 4) is 0 Å². The van der Waals surface area contributed by atoms with Gasteiger partial charge in [0.15, 0.2) is 0 Å². The second-order valence-corrected chi connectivity index (χ2v) is 6.37. The molecule has 1 aromatic rings. The zero-order valence-electron chi connectivity index (χ0n) is 11.2. The van der Waals surface area contributed by atoms with Crippen LogP contribution in [0.3, 0.4) is 0 Å². The Morgan fingerprint density at radius 3 is 2.71 bits per heavy atom. The van der Waals surface area contributed by atoms with Crippen molar-refractivity contribution in [2.75, 3.05) is 0 Å². The zero-order valence-corrected chi connectivity index (χ0v) is 11.2. The molecule has 0 heterocycles. The summed E-state index contributed by atoms with van der Waals surface area (Å²) in [6.07, 6.45) is 7.14. The van der Waals surface area contributed by atoms with Gasteiger partial charge in [-0.05, 0) is 60.5 Å². The van der Waals surface area contributed by atoms with E-state index in [1.807, 2.05) is 0 Å². The Hall–Kier alpha value is -0.780. The van der Waals surface area contributed by atoms with Crippen molar-refractivity contribution in [3.63, 3.8) is 0 Å². The summed E-state index contributed by atoms with van der Waals surface area (Å²) in [6.45, 7) is 4.92. The SMILES string of the molecule is CC1CCC2CCc3ccccc3[C@H](C)C2C1. The normalized spacial score (nSPS) is 36.8. The second kappa shape index (κ2) is 4.48. The molecule has 1 aromatic carbocycles. The van der Waals surface area contributed by atoms with Crippen LogP contribution in [-0.4, -0.2) is 0 Å². The first kappa shape index (κ1) is 11.3. The monoisotopic (exact) mass is 228 g/mol. The average molecular weight is 228 g/mol. The molecule has 2 aliphatic carbocycles. The average Bonchev–Trinajstić information content (AvgIpc) is 2.49. The van der Waals surface area contributed by atoms with Crippen LogP contribution in [0.4, 0.5) is 0 Å². The first-order valence-electron chi connectivity index (χ1n) is 7.33. The number of rotatable bonds is 0. The third-order valence-electron chi connectivity index (χ3n) is 5.28. The van der Waals surface area contributed by atoms with Gasteiger partial charge >= 0.3 is 0 Å². The Labute approximate surface area is 105 Å². The summed E-state index contributed by atoms with van der Waals surface area (Å²) in [5, 5.41) is 0. The molecule has 0 saturated heterocycles. The van der Waals surface area contributed by atoms with Gasteiger partial charge in [0.05, 0.1) is 0 Å². The zero-order chi connectivity index (χ0) is 11.8. The third-order valence-corrected chi connectivity index (χ3v) is 5.28. The highest BCUT2D eigenvalue weighted by molar-refractivity contribution is 5.32. The van der Waals surface area contributed by atoms with Gasteiger partial charge in [-0.25, -0.2) is 0 Å². The molecule has 0 nitrogen and oxygen atoms in total. The van der Waals surface area contributed by atoms with Crippen molar-refractivity contribution in [3.05, 3.63) is 35.4 Å². The minimum absolute atomic E-state index is 0.779. The van der Waals surface area contributed by atoms with Crippen LogP contribution in [0.1, 0.15) is 56.6 Å². The summed E-state index contributed by atoms with van der Waals surface area (Å²) < 4.78 is 0. The minimum atomic E-state index is 0.779. The lowest BCUT2D eigenvalue weighted by Crippen LogP contribution is -2.26. The van der Waals surface area contributed by atoms with E-state index in [1.165, 1.54) is 32.1 Å². The van der Waals surface area contributed by atoms with E-state index in [0.29, 0.717) is 0 Å². The minimum Gasteiger partial charge on any atom is -0.0625 e. The molecular formula is C17H24. The highest BCUT2D eigenvalue weighted by atomic mass is 14.4. The molecule has 0 spiro atoms. The maximum absolute atomic E-state index is 2.47. The molecule has 0 N–H and O–H groups in total. The van der Waals surface area contributed by atoms with Crippen molar-refractivity contribution >= 4 is 0 Å². The molecule has 0 aliphatic heterocycles. The van der Waals surface area contributed by atoms with E-state index in [0.717, 1.165) is 23.7 Å². The quantitative estimate of drug-likeness (QED) is 0.599. The molecule has 0 amide bonds. The summed E-state index contributed by atoms with van der Waals surface area (Å²) in [7, 11) is 0. The van der Waals surface area contributed by atoms with Crippen LogP contribution in [0, 0.1) is 17.8 Å². The predicted molar refractivity (Wildman–Crippen MR) is 73.2 cm³/mol. The standard InChI is InChI=1S/C17H24/c1-12-7-8-15-10-9-14-5-3-4-6-16(14)13(2)17(15)11-12/h3-6,12-13,15,17H,7-11H2,1-2H3/t12?,13-,15?,17?/m0/s1. The Morgan fingerprint density at radius 1 is 1.00 bits per heavy atom. The fraction of sp³-hybridized carbons (Fsp3) is 0.647. The summed E-state index contributed by atoms with van der Waals surface area (Å²) in [4.78, 5) is 0. The molecule has 4 atom stereocenters. The van der Waals surface area contributed by atoms with Crippen LogP contribution in [-0.2, 0) is 6.42 Å². The van der Waals surface area contributed by atoms with E-state index < -0.39 is 0 Å². The van der Waals surface area contributed by atoms with Crippen molar-refractivity contribution in [2.24, 2.45) is 17.8 Å². The Bertz CT molecular complexity index is 393. The van der Waals surface area contributed by atoms with E-state index in [-0.39, 0.29) is 0 Å². The molecule has 0 bridgehead atoms. The number of fused-ring (bicyclic) bond motifs is 2. The van der Waals surface area contributed by atoms with Crippen LogP contribution < -0.4 is 0 Å². The largest absolute Gasteiger partial charge is 0.0625 e. The van der Waals surface area contributed by atoms with Crippen LogP contribution in [0.15, 0.2) is 24.3 Å². The highest BCUT2D eigenvalue weighted by Crippen LogP contribution is 2.46. The smallest absolute Gasteiger partial charge is 0.0157 e. The lowest BCUT2D eigenvalue weighted by Gasteiger charge is -2.37. The van der Waals surface area contributed by atoms with Gasteiger partial charge < -0.3 is 0 Å². The second-order valence-electron chi connectivity index (χ2n) is 6.37. The number of benzene rings is 1. The molecule has 0 radical (unpaired) electrons. The fourth-order valence-corrected chi connectivity index (χ4v) is 4.24. The molecule has 1 saturated carbocycles. The Balaban J connectivity index is 1.94. The van der Waals surface area contributed by atoms with Crippen molar-refractivity contribution < 1.29 is 0 Å². The molecule has 1 fully saturated rings. The van der Waals surface area contributed by atoms with Gasteiger partial charge in [0.2, 0.25) is 0 Å². The van der Waals surface area contributed by atoms with Crippen LogP contribution in [0.2, 0.25) is 0 Å². The number of aryl methyl sites for hydroxylation is 1. The lowest BCUT2D eigenvalue weighted by atomic mass is 9.68. The maximum atomic E-state index is 2.47. The van der Waals surface area contributed by atoms with Crippen LogP contribution >= 0.6 is 0 Å². The van der Waals surface area contributed by atoms with Crippen molar-refractivity contribution in [1.82, 2.24) is 0 Å². The van der Waals surface area contributed by atoms with Gasteiger partial charge in [0.25, 0.3) is 0 Å². The molecule has 2 aliphatic rings. The first-order chi connectivity index (χ1) is 8.25. The summed E-state index contributed by atoms with van der Waals surface area (Å²) in [5.41, 5.74) is 3.27. The highest BCUT2D eigenvalue weighted by Gasteiger charge is 2.35. The molecular weight excluding hydrogens is 204 g/mol. The maximum Gasteiger partial charge on any atom is -0.0157 e. The molecule has 3 unspecified atom stereocenters. The van der Waals surface area contributed by atoms with E-state index in [4.69, 9.17) is 0 Å². The van der Waals surface area contributed by atoms with E-state index >= 15 is 0 Å². The predicted octanol–water partition coefficient (Wildman–Crippen LogP) is 4.79. The third kappa shape index (κ3) is 2.03. The van der Waals surface area contributed by atoms with Crippen molar-refractivity contribution in [2.45, 2.75) is 51.9 Å². The van der Waals surface area contributed by atoms with Gasteiger partial charge in [0, 0.05) is 0 Å². The topological polar surface area (TPSA) is 0 Å². The van der Waals surface area contributed by atoms with E-state index in [9.17, 15) is 0 Å². The molecule has 3 rings (SSSR count). The number of hydrogen-bond donors (Lipinski definition) is 0. The van der Waals surface area contributed by atoms with Gasteiger partial charge in [-0.15, -0.1) is 0 Å². The van der Waals surface area contributed by atoms with E-state index in [1.54, 1.807) is 11.1 Å². The Kier molecular flexibility index (Phi) is 2.98. The summed E-state index contributed by atoms with van der Waals surface area (Å²) in [6, 6.07) is 9.17.